The maximum atomic E-state index is 14.7. The molecule has 1 aromatic carbocycles. The number of imidazole rings is 1. The van der Waals surface area contributed by atoms with E-state index in [0.29, 0.717) is 24.3 Å². The Bertz CT molecular complexity index is 1310. The Morgan fingerprint density at radius 3 is 2.33 bits per heavy atom. The van der Waals surface area contributed by atoms with Crippen molar-refractivity contribution in [1.29, 1.82) is 0 Å². The molecule has 1 atom stereocenters. The molecule has 2 N–H and O–H groups in total. The lowest BCUT2D eigenvalue weighted by atomic mass is 9.86. The third kappa shape index (κ3) is 4.75. The quantitative estimate of drug-likeness (QED) is 0.521. The molecule has 3 heterocycles. The zero-order chi connectivity index (χ0) is 26.2. The first-order valence-electron chi connectivity index (χ1n) is 11.3. The molecule has 4 rings (SSSR count). The first kappa shape index (κ1) is 25.1. The molecule has 36 heavy (non-hydrogen) atoms. The highest BCUT2D eigenvalue weighted by atomic mass is 19.2. The van der Waals surface area contributed by atoms with Crippen LogP contribution in [0.25, 0.3) is 11.4 Å². The van der Waals surface area contributed by atoms with Crippen molar-refractivity contribution in [2.75, 3.05) is 18.5 Å². The summed E-state index contributed by atoms with van der Waals surface area (Å²) >= 11 is 0. The van der Waals surface area contributed by atoms with Crippen LogP contribution in [-0.4, -0.2) is 51.0 Å². The Labute approximate surface area is 205 Å². The topological polar surface area (TPSA) is 105 Å². The van der Waals surface area contributed by atoms with Crippen LogP contribution in [-0.2, 0) is 17.9 Å². The summed E-state index contributed by atoms with van der Waals surface area (Å²) in [5, 5.41) is 5.26. The number of carbonyl (C=O) groups excluding carboxylic acids is 2. The van der Waals surface area contributed by atoms with Crippen molar-refractivity contribution >= 4 is 17.8 Å². The van der Waals surface area contributed by atoms with E-state index in [1.165, 1.54) is 7.05 Å². The standard InChI is InChI=1S/C24H26F3N7O2/c1-24(2,3)19(22(36)28-4)32-21(35)18-17-12-33(23-29-6-5-7-30-23)8-9-34(17)20(31-18)13-10-15(26)16(27)11-14(13)25/h5-7,10-11,19H,8-9,12H2,1-4H3,(H,28,36)(H,32,35). The molecular formula is C24H26F3N7O2. The van der Waals surface area contributed by atoms with Gasteiger partial charge in [-0.3, -0.25) is 9.59 Å². The van der Waals surface area contributed by atoms with E-state index in [-0.39, 0.29) is 30.2 Å². The summed E-state index contributed by atoms with van der Waals surface area (Å²) in [5.41, 5.74) is -0.575. The van der Waals surface area contributed by atoms with Gasteiger partial charge in [-0.1, -0.05) is 20.8 Å². The molecule has 9 nitrogen and oxygen atoms in total. The highest BCUT2D eigenvalue weighted by Crippen LogP contribution is 2.31. The van der Waals surface area contributed by atoms with E-state index in [2.05, 4.69) is 25.6 Å². The van der Waals surface area contributed by atoms with Crippen molar-refractivity contribution < 1.29 is 22.8 Å². The van der Waals surface area contributed by atoms with Gasteiger partial charge in [-0.2, -0.15) is 0 Å². The van der Waals surface area contributed by atoms with Crippen molar-refractivity contribution in [3.8, 4) is 11.4 Å². The SMILES string of the molecule is CNC(=O)C(NC(=O)c1nc(-c2cc(F)c(F)cc2F)n2c1CN(c1ncccn1)CC2)C(C)(C)C. The smallest absolute Gasteiger partial charge is 0.272 e. The summed E-state index contributed by atoms with van der Waals surface area (Å²) in [5.74, 6) is -4.23. The van der Waals surface area contributed by atoms with Gasteiger partial charge in [0.15, 0.2) is 17.3 Å². The number of rotatable bonds is 5. The minimum atomic E-state index is -1.33. The molecule has 0 saturated heterocycles. The van der Waals surface area contributed by atoms with Crippen molar-refractivity contribution in [1.82, 2.24) is 30.2 Å². The van der Waals surface area contributed by atoms with Gasteiger partial charge in [-0.25, -0.2) is 28.1 Å². The van der Waals surface area contributed by atoms with Gasteiger partial charge in [0.2, 0.25) is 11.9 Å². The van der Waals surface area contributed by atoms with E-state index in [1.54, 1.807) is 43.8 Å². The number of halogens is 3. The van der Waals surface area contributed by atoms with Gasteiger partial charge in [-0.05, 0) is 17.5 Å². The van der Waals surface area contributed by atoms with Crippen molar-refractivity contribution in [2.24, 2.45) is 5.41 Å². The Balaban J connectivity index is 1.81. The summed E-state index contributed by atoms with van der Waals surface area (Å²) in [6, 6.07) is 1.94. The molecule has 12 heteroatoms. The molecule has 0 radical (unpaired) electrons. The van der Waals surface area contributed by atoms with Crippen LogP contribution in [0.5, 0.6) is 0 Å². The summed E-state index contributed by atoms with van der Waals surface area (Å²) in [7, 11) is 1.47. The highest BCUT2D eigenvalue weighted by molar-refractivity contribution is 5.98. The minimum Gasteiger partial charge on any atom is -0.357 e. The Hall–Kier alpha value is -3.96. The molecule has 1 aliphatic heterocycles. The summed E-state index contributed by atoms with van der Waals surface area (Å²) in [4.78, 5) is 40.6. The van der Waals surface area contributed by atoms with Crippen molar-refractivity contribution in [2.45, 2.75) is 39.9 Å². The van der Waals surface area contributed by atoms with Gasteiger partial charge < -0.3 is 20.1 Å². The second-order valence-corrected chi connectivity index (χ2v) is 9.49. The summed E-state index contributed by atoms with van der Waals surface area (Å²) < 4.78 is 43.9. The fraction of sp³-hybridized carbons (Fsp3) is 0.375. The first-order chi connectivity index (χ1) is 17.0. The van der Waals surface area contributed by atoms with Crippen LogP contribution in [0, 0.1) is 22.9 Å². The lowest BCUT2D eigenvalue weighted by molar-refractivity contribution is -0.124. The number of aromatic nitrogens is 4. The fourth-order valence-corrected chi connectivity index (χ4v) is 4.09. The van der Waals surface area contributed by atoms with E-state index in [4.69, 9.17) is 0 Å². The van der Waals surface area contributed by atoms with Crippen LogP contribution in [0.15, 0.2) is 30.6 Å². The van der Waals surface area contributed by atoms with E-state index in [0.717, 1.165) is 6.07 Å². The average Bonchev–Trinajstić information content (AvgIpc) is 3.22. The van der Waals surface area contributed by atoms with Crippen LogP contribution in [0.4, 0.5) is 19.1 Å². The Morgan fingerprint density at radius 2 is 1.69 bits per heavy atom. The third-order valence-corrected chi connectivity index (χ3v) is 5.96. The summed E-state index contributed by atoms with van der Waals surface area (Å²) in [6.45, 7) is 6.19. The molecule has 0 fully saturated rings. The molecule has 0 spiro atoms. The van der Waals surface area contributed by atoms with Crippen molar-refractivity contribution in [3.63, 3.8) is 0 Å². The molecule has 0 bridgehead atoms. The maximum Gasteiger partial charge on any atom is 0.272 e. The van der Waals surface area contributed by atoms with E-state index in [1.807, 2.05) is 4.90 Å². The van der Waals surface area contributed by atoms with E-state index < -0.39 is 40.7 Å². The molecule has 2 aromatic heterocycles. The Kier molecular flexibility index (Phi) is 6.70. The number of hydrogen-bond acceptors (Lipinski definition) is 6. The van der Waals surface area contributed by atoms with Gasteiger partial charge >= 0.3 is 0 Å². The number of likely N-dealkylation sites (N-methyl/N-ethyl adjacent to an activating group) is 1. The third-order valence-electron chi connectivity index (χ3n) is 5.96. The van der Waals surface area contributed by atoms with E-state index >= 15 is 0 Å². The summed E-state index contributed by atoms with van der Waals surface area (Å²) in [6.07, 6.45) is 3.17. The van der Waals surface area contributed by atoms with Crippen LogP contribution in [0.2, 0.25) is 0 Å². The largest absolute Gasteiger partial charge is 0.357 e. The number of fused-ring (bicyclic) bond motifs is 1. The van der Waals surface area contributed by atoms with Gasteiger partial charge in [-0.15, -0.1) is 0 Å². The van der Waals surface area contributed by atoms with Gasteiger partial charge in [0, 0.05) is 38.6 Å². The molecule has 3 aromatic rings. The molecule has 1 unspecified atom stereocenters. The monoisotopic (exact) mass is 501 g/mol. The average molecular weight is 502 g/mol. The van der Waals surface area contributed by atoms with Gasteiger partial charge in [0.25, 0.3) is 5.91 Å². The zero-order valence-electron chi connectivity index (χ0n) is 20.3. The molecule has 0 saturated carbocycles. The highest BCUT2D eigenvalue weighted by Gasteiger charge is 2.36. The second kappa shape index (κ2) is 9.59. The number of anilines is 1. The van der Waals surface area contributed by atoms with Gasteiger partial charge in [0.05, 0.1) is 17.8 Å². The molecule has 190 valence electrons. The number of amides is 2. The van der Waals surface area contributed by atoms with Crippen LogP contribution >= 0.6 is 0 Å². The normalized spacial score (nSPS) is 14.2. The predicted molar refractivity (Wildman–Crippen MR) is 125 cm³/mol. The first-order valence-corrected chi connectivity index (χ1v) is 11.3. The molecule has 1 aliphatic rings. The number of nitrogens with one attached hydrogen (secondary N) is 2. The molecule has 0 aliphatic carbocycles. The maximum absolute atomic E-state index is 14.7. The fourth-order valence-electron chi connectivity index (χ4n) is 4.09. The lowest BCUT2D eigenvalue weighted by Crippen LogP contribution is -2.53. The second-order valence-electron chi connectivity index (χ2n) is 9.49. The number of carbonyl (C=O) groups is 2. The number of benzene rings is 1. The van der Waals surface area contributed by atoms with Crippen LogP contribution in [0.1, 0.15) is 37.0 Å². The van der Waals surface area contributed by atoms with E-state index in [9.17, 15) is 22.8 Å². The number of hydrogen-bond donors (Lipinski definition) is 2. The predicted octanol–water partition coefficient (Wildman–Crippen LogP) is 2.67. The van der Waals surface area contributed by atoms with Gasteiger partial charge in [0.1, 0.15) is 17.7 Å². The van der Waals surface area contributed by atoms with Crippen molar-refractivity contribution in [3.05, 3.63) is 59.4 Å². The molecular weight excluding hydrogens is 475 g/mol. The van der Waals surface area contributed by atoms with Crippen LogP contribution < -0.4 is 15.5 Å². The Morgan fingerprint density at radius 1 is 1.03 bits per heavy atom. The molecule has 2 amide bonds. The number of nitrogens with zero attached hydrogens (tertiary/aromatic N) is 5. The lowest BCUT2D eigenvalue weighted by Gasteiger charge is -2.31. The minimum absolute atomic E-state index is 0.0209. The van der Waals surface area contributed by atoms with Crippen LogP contribution in [0.3, 0.4) is 0 Å². The zero-order valence-corrected chi connectivity index (χ0v) is 20.3.